The molecule has 3 nitrogen and oxygen atoms in total. The molecule has 5 rings (SSSR count). The molecule has 2 aromatic rings. The Balaban J connectivity index is 1.60. The maximum absolute atomic E-state index is 13.1. The van der Waals surface area contributed by atoms with Gasteiger partial charge < -0.3 is 10.4 Å². The van der Waals surface area contributed by atoms with Crippen molar-refractivity contribution in [3.63, 3.8) is 0 Å². The predicted octanol–water partition coefficient (Wildman–Crippen LogP) is 4.37. The van der Waals surface area contributed by atoms with Crippen LogP contribution in [0.3, 0.4) is 0 Å². The van der Waals surface area contributed by atoms with Gasteiger partial charge in [0.1, 0.15) is 0 Å². The molecule has 2 N–H and O–H groups in total. The Hall–Kier alpha value is -1.39. The summed E-state index contributed by atoms with van der Waals surface area (Å²) in [6.07, 6.45) is 3.12. The second-order valence-corrected chi connectivity index (χ2v) is 9.43. The number of benzene rings is 1. The number of amides is 1. The number of nitrogens with one attached hydrogen (secondary N) is 1. The summed E-state index contributed by atoms with van der Waals surface area (Å²) < 4.78 is 1.16. The van der Waals surface area contributed by atoms with Crippen LogP contribution in [0.1, 0.15) is 49.0 Å². The fourth-order valence-corrected chi connectivity index (χ4v) is 6.06. The standard InChI is InChI=1S/C21H27NO2S/c1-12-4-5-18-15(8-12)16(11-25-18)20(24)22-19-13(6-7-23)9-14-10-17(19)21(14,2)3/h4-5,8,11,13-14,17,19,23H,6-7,9-10H2,1-3H3,(H,22,24)/t13-,14+,17+,19+/m0/s1. The number of fused-ring (bicyclic) bond motifs is 3. The molecule has 0 aliphatic heterocycles. The van der Waals surface area contributed by atoms with E-state index in [-0.39, 0.29) is 18.6 Å². The summed E-state index contributed by atoms with van der Waals surface area (Å²) in [6.45, 7) is 6.94. The lowest BCUT2D eigenvalue weighted by atomic mass is 9.44. The molecule has 3 fully saturated rings. The summed E-state index contributed by atoms with van der Waals surface area (Å²) in [5, 5.41) is 15.9. The van der Waals surface area contributed by atoms with Gasteiger partial charge in [0.2, 0.25) is 0 Å². The Bertz CT molecular complexity index is 809. The van der Waals surface area contributed by atoms with E-state index in [0.717, 1.165) is 34.4 Å². The van der Waals surface area contributed by atoms with E-state index in [9.17, 15) is 9.90 Å². The van der Waals surface area contributed by atoms with E-state index in [4.69, 9.17) is 0 Å². The fourth-order valence-electron chi connectivity index (χ4n) is 5.14. The van der Waals surface area contributed by atoms with Gasteiger partial charge in [-0.15, -0.1) is 11.3 Å². The third-order valence-corrected chi connectivity index (χ3v) is 7.81. The molecule has 2 bridgehead atoms. The quantitative estimate of drug-likeness (QED) is 0.853. The van der Waals surface area contributed by atoms with Gasteiger partial charge in [-0.25, -0.2) is 0 Å². The smallest absolute Gasteiger partial charge is 0.252 e. The van der Waals surface area contributed by atoms with Crippen LogP contribution in [0, 0.1) is 30.1 Å². The summed E-state index contributed by atoms with van der Waals surface area (Å²) in [5.74, 6) is 1.72. The molecule has 1 aromatic carbocycles. The highest BCUT2D eigenvalue weighted by molar-refractivity contribution is 7.17. The number of carbonyl (C=O) groups is 1. The van der Waals surface area contributed by atoms with Crippen molar-refractivity contribution in [3.05, 3.63) is 34.7 Å². The van der Waals surface area contributed by atoms with Crippen LogP contribution in [-0.4, -0.2) is 23.7 Å². The summed E-state index contributed by atoms with van der Waals surface area (Å²) in [4.78, 5) is 13.1. The number of aryl methyl sites for hydroxylation is 1. The number of rotatable bonds is 4. The Kier molecular flexibility index (Phi) is 4.16. The first kappa shape index (κ1) is 17.0. The van der Waals surface area contributed by atoms with Crippen LogP contribution in [0.2, 0.25) is 0 Å². The van der Waals surface area contributed by atoms with Gasteiger partial charge in [0.25, 0.3) is 5.91 Å². The van der Waals surface area contributed by atoms with Crippen molar-refractivity contribution in [3.8, 4) is 0 Å². The van der Waals surface area contributed by atoms with Crippen LogP contribution in [0.5, 0.6) is 0 Å². The zero-order valence-electron chi connectivity index (χ0n) is 15.2. The molecular formula is C21H27NO2S. The van der Waals surface area contributed by atoms with E-state index in [1.54, 1.807) is 11.3 Å². The van der Waals surface area contributed by atoms with Crippen LogP contribution in [0.25, 0.3) is 10.1 Å². The van der Waals surface area contributed by atoms with Gasteiger partial charge in [0.15, 0.2) is 0 Å². The van der Waals surface area contributed by atoms with Gasteiger partial charge >= 0.3 is 0 Å². The lowest BCUT2D eigenvalue weighted by Crippen LogP contribution is -2.63. The molecular weight excluding hydrogens is 330 g/mol. The van der Waals surface area contributed by atoms with E-state index in [0.29, 0.717) is 17.3 Å². The Morgan fingerprint density at radius 3 is 2.88 bits per heavy atom. The van der Waals surface area contributed by atoms with E-state index in [1.165, 1.54) is 12.0 Å². The number of thiophene rings is 1. The number of aliphatic hydroxyl groups excluding tert-OH is 1. The Labute approximate surface area is 153 Å². The zero-order valence-corrected chi connectivity index (χ0v) is 16.0. The van der Waals surface area contributed by atoms with E-state index < -0.39 is 0 Å². The van der Waals surface area contributed by atoms with Crippen LogP contribution < -0.4 is 5.32 Å². The Morgan fingerprint density at radius 1 is 1.36 bits per heavy atom. The summed E-state index contributed by atoms with van der Waals surface area (Å²) in [5.41, 5.74) is 2.28. The van der Waals surface area contributed by atoms with Crippen molar-refractivity contribution in [2.45, 2.75) is 46.1 Å². The van der Waals surface area contributed by atoms with Crippen LogP contribution >= 0.6 is 11.3 Å². The third kappa shape index (κ3) is 2.70. The number of aliphatic hydroxyl groups is 1. The normalized spacial score (nSPS) is 30.1. The minimum absolute atomic E-state index is 0.0472. The summed E-state index contributed by atoms with van der Waals surface area (Å²) in [7, 11) is 0. The van der Waals surface area contributed by atoms with Gasteiger partial charge in [-0.05, 0) is 61.5 Å². The fraction of sp³-hybridized carbons (Fsp3) is 0.571. The van der Waals surface area contributed by atoms with Crippen LogP contribution in [-0.2, 0) is 0 Å². The maximum atomic E-state index is 13.1. The number of carbonyl (C=O) groups excluding carboxylic acids is 1. The van der Waals surface area contributed by atoms with Crippen LogP contribution in [0.4, 0.5) is 0 Å². The van der Waals surface area contributed by atoms with Gasteiger partial charge in [-0.2, -0.15) is 0 Å². The maximum Gasteiger partial charge on any atom is 0.252 e. The summed E-state index contributed by atoms with van der Waals surface area (Å²) in [6, 6.07) is 6.48. The van der Waals surface area contributed by atoms with Crippen molar-refractivity contribution in [1.82, 2.24) is 5.32 Å². The van der Waals surface area contributed by atoms with Gasteiger partial charge in [0.05, 0.1) is 5.56 Å². The van der Waals surface area contributed by atoms with E-state index in [1.807, 2.05) is 5.38 Å². The molecule has 0 saturated heterocycles. The monoisotopic (exact) mass is 357 g/mol. The van der Waals surface area contributed by atoms with Gasteiger partial charge in [-0.3, -0.25) is 4.79 Å². The Morgan fingerprint density at radius 2 is 2.16 bits per heavy atom. The minimum atomic E-state index is 0.0472. The molecule has 1 amide bonds. The average molecular weight is 358 g/mol. The second kappa shape index (κ2) is 6.10. The molecule has 1 heterocycles. The van der Waals surface area contributed by atoms with Crippen molar-refractivity contribution in [1.29, 1.82) is 0 Å². The van der Waals surface area contributed by atoms with E-state index >= 15 is 0 Å². The largest absolute Gasteiger partial charge is 0.396 e. The molecule has 4 heteroatoms. The average Bonchev–Trinajstić information content (AvgIpc) is 2.99. The van der Waals surface area contributed by atoms with Crippen molar-refractivity contribution < 1.29 is 9.90 Å². The highest BCUT2D eigenvalue weighted by Crippen LogP contribution is 2.61. The minimum Gasteiger partial charge on any atom is -0.396 e. The first-order valence-electron chi connectivity index (χ1n) is 9.31. The second-order valence-electron chi connectivity index (χ2n) is 8.52. The lowest BCUT2D eigenvalue weighted by molar-refractivity contribution is -0.114. The molecule has 0 unspecified atom stereocenters. The first-order valence-corrected chi connectivity index (χ1v) is 10.2. The zero-order chi connectivity index (χ0) is 17.8. The molecule has 25 heavy (non-hydrogen) atoms. The number of hydrogen-bond donors (Lipinski definition) is 2. The first-order chi connectivity index (χ1) is 11.9. The van der Waals surface area contributed by atoms with Crippen molar-refractivity contribution >= 4 is 27.3 Å². The number of hydrogen-bond acceptors (Lipinski definition) is 3. The molecule has 1 aromatic heterocycles. The molecule has 0 spiro atoms. The predicted molar refractivity (Wildman–Crippen MR) is 103 cm³/mol. The topological polar surface area (TPSA) is 49.3 Å². The lowest BCUT2D eigenvalue weighted by Gasteiger charge is -2.62. The van der Waals surface area contributed by atoms with E-state index in [2.05, 4.69) is 44.3 Å². The van der Waals surface area contributed by atoms with Crippen molar-refractivity contribution in [2.75, 3.05) is 6.61 Å². The van der Waals surface area contributed by atoms with Crippen molar-refractivity contribution in [2.24, 2.45) is 23.2 Å². The molecule has 4 atom stereocenters. The highest BCUT2D eigenvalue weighted by atomic mass is 32.1. The molecule has 3 aliphatic rings. The molecule has 3 saturated carbocycles. The third-order valence-electron chi connectivity index (χ3n) is 6.85. The van der Waals surface area contributed by atoms with Gasteiger partial charge in [-0.1, -0.05) is 25.5 Å². The molecule has 0 radical (unpaired) electrons. The summed E-state index contributed by atoms with van der Waals surface area (Å²) >= 11 is 1.63. The molecule has 134 valence electrons. The van der Waals surface area contributed by atoms with Gasteiger partial charge in [0, 0.05) is 28.1 Å². The van der Waals surface area contributed by atoms with Crippen LogP contribution in [0.15, 0.2) is 23.6 Å². The SMILES string of the molecule is Cc1ccc2scc(C(=O)N[C@@H]3[C@@H](CCO)C[C@@H]4C[C@H]3C4(C)C)c2c1. The highest BCUT2D eigenvalue weighted by Gasteiger charge is 2.57. The molecule has 3 aliphatic carbocycles.